The molecule has 0 saturated heterocycles. The number of hydrogen-bond acceptors (Lipinski definition) is 5. The first-order valence-corrected chi connectivity index (χ1v) is 7.73. The van der Waals surface area contributed by atoms with Crippen LogP contribution in [0, 0.1) is 0 Å². The van der Waals surface area contributed by atoms with Crippen LogP contribution >= 0.6 is 0 Å². The second-order valence-electron chi connectivity index (χ2n) is 5.50. The Labute approximate surface area is 133 Å². The molecule has 8 heteroatoms. The number of carbonyl (C=O) groups excluding carboxylic acids is 1. The van der Waals surface area contributed by atoms with Crippen LogP contribution in [0.1, 0.15) is 32.6 Å². The van der Waals surface area contributed by atoms with Crippen LogP contribution in [0.3, 0.4) is 0 Å². The average molecular weight is 322 g/mol. The summed E-state index contributed by atoms with van der Waals surface area (Å²) in [5.41, 5.74) is -0.0456. The number of fused-ring (bicyclic) bond motifs is 1. The highest BCUT2D eigenvalue weighted by atomic mass is 16.5. The van der Waals surface area contributed by atoms with Crippen molar-refractivity contribution in [2.24, 2.45) is 14.1 Å². The zero-order valence-electron chi connectivity index (χ0n) is 13.7. The van der Waals surface area contributed by atoms with Gasteiger partial charge in [0.05, 0.1) is 12.9 Å². The van der Waals surface area contributed by atoms with Gasteiger partial charge in [0.2, 0.25) is 0 Å². The molecule has 0 aliphatic heterocycles. The first-order chi connectivity index (χ1) is 11.0. The number of unbranched alkanes of at least 4 members (excludes halogenated alkanes) is 1. The minimum absolute atomic E-state index is 0.196. The molecule has 126 valence electrons. The maximum absolute atomic E-state index is 12.4. The first kappa shape index (κ1) is 17.0. The maximum atomic E-state index is 12.4. The molecular weight excluding hydrogens is 300 g/mol. The van der Waals surface area contributed by atoms with Gasteiger partial charge in [-0.25, -0.2) is 9.78 Å². The van der Waals surface area contributed by atoms with Crippen molar-refractivity contribution in [3.8, 4) is 0 Å². The van der Waals surface area contributed by atoms with Crippen molar-refractivity contribution in [2.75, 3.05) is 6.61 Å². The van der Waals surface area contributed by atoms with Crippen LogP contribution in [0.25, 0.3) is 11.2 Å². The summed E-state index contributed by atoms with van der Waals surface area (Å²) in [6.45, 7) is 2.40. The highest BCUT2D eigenvalue weighted by Crippen LogP contribution is 2.03. The molecule has 8 nitrogen and oxygen atoms in total. The van der Waals surface area contributed by atoms with Crippen LogP contribution in [-0.4, -0.2) is 31.3 Å². The van der Waals surface area contributed by atoms with Crippen molar-refractivity contribution in [3.05, 3.63) is 27.2 Å². The van der Waals surface area contributed by atoms with E-state index in [0.717, 1.165) is 17.4 Å². The molecule has 0 aliphatic carbocycles. The average Bonchev–Trinajstić information content (AvgIpc) is 2.92. The molecule has 2 rings (SSSR count). The third-order valence-electron chi connectivity index (χ3n) is 3.72. The summed E-state index contributed by atoms with van der Waals surface area (Å²) in [7, 11) is 3.29. The van der Waals surface area contributed by atoms with Crippen molar-refractivity contribution >= 4 is 17.1 Å². The van der Waals surface area contributed by atoms with E-state index in [1.54, 1.807) is 18.7 Å². The lowest BCUT2D eigenvalue weighted by Crippen LogP contribution is -2.39. The summed E-state index contributed by atoms with van der Waals surface area (Å²) in [6.07, 6.45) is 4.06. The van der Waals surface area contributed by atoms with E-state index < -0.39 is 5.69 Å². The van der Waals surface area contributed by atoms with E-state index in [9.17, 15) is 14.4 Å². The van der Waals surface area contributed by atoms with Crippen LogP contribution in [0.2, 0.25) is 0 Å². The smallest absolute Gasteiger partial charge is 0.332 e. The lowest BCUT2D eigenvalue weighted by atomic mass is 10.2. The van der Waals surface area contributed by atoms with Gasteiger partial charge in [-0.15, -0.1) is 0 Å². The monoisotopic (exact) mass is 322 g/mol. The Balaban J connectivity index is 2.09. The number of aryl methyl sites for hydroxylation is 2. The van der Waals surface area contributed by atoms with Gasteiger partial charge in [-0.05, 0) is 12.8 Å². The Morgan fingerprint density at radius 2 is 2.00 bits per heavy atom. The molecule has 0 atom stereocenters. The number of rotatable bonds is 7. The van der Waals surface area contributed by atoms with Gasteiger partial charge in [-0.3, -0.25) is 18.7 Å². The summed E-state index contributed by atoms with van der Waals surface area (Å²) in [5.74, 6) is -0.241. The summed E-state index contributed by atoms with van der Waals surface area (Å²) in [5, 5.41) is 0. The van der Waals surface area contributed by atoms with Crippen molar-refractivity contribution in [3.63, 3.8) is 0 Å². The molecule has 0 aliphatic rings. The normalized spacial score (nSPS) is 11.1. The van der Waals surface area contributed by atoms with Gasteiger partial charge in [-0.2, -0.15) is 0 Å². The van der Waals surface area contributed by atoms with Crippen LogP contribution < -0.4 is 11.2 Å². The quantitative estimate of drug-likeness (QED) is 0.549. The third kappa shape index (κ3) is 3.52. The molecule has 2 aromatic rings. The largest absolute Gasteiger partial charge is 0.466 e. The van der Waals surface area contributed by atoms with Gasteiger partial charge in [0.15, 0.2) is 11.2 Å². The minimum Gasteiger partial charge on any atom is -0.466 e. The fourth-order valence-electron chi connectivity index (χ4n) is 2.40. The Hall–Kier alpha value is -2.38. The van der Waals surface area contributed by atoms with E-state index in [0.29, 0.717) is 24.0 Å². The number of ether oxygens (including phenoxy) is 1. The maximum Gasteiger partial charge on any atom is 0.332 e. The molecule has 0 unspecified atom stereocenters. The summed E-state index contributed by atoms with van der Waals surface area (Å²) in [4.78, 5) is 40.2. The van der Waals surface area contributed by atoms with E-state index in [2.05, 4.69) is 4.98 Å². The summed E-state index contributed by atoms with van der Waals surface area (Å²) < 4.78 is 9.19. The van der Waals surface area contributed by atoms with Crippen molar-refractivity contribution in [1.82, 2.24) is 18.7 Å². The van der Waals surface area contributed by atoms with Gasteiger partial charge in [0, 0.05) is 27.1 Å². The molecule has 2 aromatic heterocycles. The highest BCUT2D eigenvalue weighted by Gasteiger charge is 2.14. The number of nitrogens with zero attached hydrogens (tertiary/aromatic N) is 4. The Bertz CT molecular complexity index is 815. The molecule has 0 fully saturated rings. The molecule has 0 N–H and O–H groups in total. The van der Waals surface area contributed by atoms with Crippen molar-refractivity contribution in [2.45, 2.75) is 39.2 Å². The highest BCUT2D eigenvalue weighted by molar-refractivity contribution is 5.70. The lowest BCUT2D eigenvalue weighted by Gasteiger charge is -2.09. The fraction of sp³-hybridized carbons (Fsp3) is 0.600. The molecule has 0 amide bonds. The second kappa shape index (κ2) is 7.26. The standard InChI is InChI=1S/C15H22N4O4/c1-4-5-7-11(20)23-9-6-8-19-14(21)12-13(16-10-17(12)2)18(3)15(19)22/h10H,4-9H2,1-3H3. The molecule has 23 heavy (non-hydrogen) atoms. The molecule has 2 heterocycles. The molecular formula is C15H22N4O4. The molecule has 0 aromatic carbocycles. The first-order valence-electron chi connectivity index (χ1n) is 7.73. The summed E-state index contributed by atoms with van der Waals surface area (Å²) in [6, 6.07) is 0. The Kier molecular flexibility index (Phi) is 5.36. The lowest BCUT2D eigenvalue weighted by molar-refractivity contribution is -0.143. The Morgan fingerprint density at radius 3 is 2.70 bits per heavy atom. The number of esters is 1. The third-order valence-corrected chi connectivity index (χ3v) is 3.72. The minimum atomic E-state index is -0.418. The van der Waals surface area contributed by atoms with Gasteiger partial charge in [-0.1, -0.05) is 13.3 Å². The fourth-order valence-corrected chi connectivity index (χ4v) is 2.40. The van der Waals surface area contributed by atoms with E-state index in [-0.39, 0.29) is 24.7 Å². The second-order valence-corrected chi connectivity index (χ2v) is 5.50. The molecule has 0 radical (unpaired) electrons. The molecule has 0 spiro atoms. The van der Waals surface area contributed by atoms with Crippen molar-refractivity contribution < 1.29 is 9.53 Å². The van der Waals surface area contributed by atoms with Gasteiger partial charge in [0.25, 0.3) is 5.56 Å². The van der Waals surface area contributed by atoms with Gasteiger partial charge >= 0.3 is 11.7 Å². The number of imidazole rings is 1. The van der Waals surface area contributed by atoms with Crippen LogP contribution in [-0.2, 0) is 30.2 Å². The van der Waals surface area contributed by atoms with Crippen molar-refractivity contribution in [1.29, 1.82) is 0 Å². The van der Waals surface area contributed by atoms with E-state index in [4.69, 9.17) is 4.74 Å². The number of hydrogen-bond donors (Lipinski definition) is 0. The number of aromatic nitrogens is 4. The predicted molar refractivity (Wildman–Crippen MR) is 85.3 cm³/mol. The molecule has 0 bridgehead atoms. The zero-order valence-corrected chi connectivity index (χ0v) is 13.7. The SMILES string of the molecule is CCCCC(=O)OCCCn1c(=O)c2c(ncn2C)n(C)c1=O. The molecule has 0 saturated carbocycles. The van der Waals surface area contributed by atoms with Crippen LogP contribution in [0.5, 0.6) is 0 Å². The Morgan fingerprint density at radius 1 is 1.26 bits per heavy atom. The van der Waals surface area contributed by atoms with Crippen LogP contribution in [0.4, 0.5) is 0 Å². The van der Waals surface area contributed by atoms with E-state index in [1.165, 1.54) is 10.9 Å². The topological polar surface area (TPSA) is 88.1 Å². The number of carbonyl (C=O) groups is 1. The van der Waals surface area contributed by atoms with E-state index >= 15 is 0 Å². The van der Waals surface area contributed by atoms with Gasteiger partial charge < -0.3 is 9.30 Å². The predicted octanol–water partition coefficient (Wildman–Crippen LogP) is 0.557. The van der Waals surface area contributed by atoms with Gasteiger partial charge in [0.1, 0.15) is 0 Å². The summed E-state index contributed by atoms with van der Waals surface area (Å²) >= 11 is 0. The zero-order chi connectivity index (χ0) is 17.0. The van der Waals surface area contributed by atoms with E-state index in [1.807, 2.05) is 6.92 Å². The van der Waals surface area contributed by atoms with Crippen LogP contribution in [0.15, 0.2) is 15.9 Å².